The zero-order valence-corrected chi connectivity index (χ0v) is 15.7. The second-order valence-electron chi connectivity index (χ2n) is 6.87. The summed E-state index contributed by atoms with van der Waals surface area (Å²) in [6.45, 7) is 1.84. The number of nitrogen functional groups attached to an aromatic ring is 1. The molecule has 1 atom stereocenters. The van der Waals surface area contributed by atoms with Crippen LogP contribution in [0.15, 0.2) is 66.7 Å². The van der Waals surface area contributed by atoms with E-state index >= 15 is 0 Å². The largest absolute Gasteiger partial charge is 0.384 e. The first-order valence-electron chi connectivity index (χ1n) is 9.58. The Hall–Kier alpha value is -3.25. The number of nitrogens with two attached hydrogens (primary N) is 1. The number of H-pyrrole nitrogens is 1. The molecule has 6 heteroatoms. The van der Waals surface area contributed by atoms with Crippen LogP contribution in [0.2, 0.25) is 0 Å². The molecule has 2 aromatic heterocycles. The Kier molecular flexibility index (Phi) is 5.58. The van der Waals surface area contributed by atoms with E-state index in [1.807, 2.05) is 18.2 Å². The zero-order chi connectivity index (χ0) is 19.2. The number of hydrogen-bond acceptors (Lipinski definition) is 5. The zero-order valence-electron chi connectivity index (χ0n) is 15.7. The van der Waals surface area contributed by atoms with Gasteiger partial charge in [0.2, 0.25) is 5.65 Å². The molecule has 2 heterocycles. The maximum atomic E-state index is 6.03. The van der Waals surface area contributed by atoms with Crippen molar-refractivity contribution in [1.29, 1.82) is 0 Å². The molecule has 0 saturated carbocycles. The van der Waals surface area contributed by atoms with Gasteiger partial charge in [-0.1, -0.05) is 60.7 Å². The van der Waals surface area contributed by atoms with Gasteiger partial charge >= 0.3 is 0 Å². The van der Waals surface area contributed by atoms with Crippen LogP contribution < -0.4 is 11.1 Å². The maximum Gasteiger partial charge on any atom is 0.203 e. The predicted octanol–water partition coefficient (Wildman–Crippen LogP) is 3.29. The third-order valence-electron chi connectivity index (χ3n) is 4.96. The lowest BCUT2D eigenvalue weighted by atomic mass is 9.88. The molecule has 0 saturated heterocycles. The summed E-state index contributed by atoms with van der Waals surface area (Å²) >= 11 is 0. The van der Waals surface area contributed by atoms with E-state index in [-0.39, 0.29) is 5.92 Å². The molecule has 6 nitrogen and oxygen atoms in total. The van der Waals surface area contributed by atoms with Crippen molar-refractivity contribution >= 4 is 17.0 Å². The van der Waals surface area contributed by atoms with E-state index in [0.29, 0.717) is 11.5 Å². The van der Waals surface area contributed by atoms with Gasteiger partial charge in [0.25, 0.3) is 0 Å². The van der Waals surface area contributed by atoms with E-state index in [4.69, 9.17) is 5.73 Å². The molecule has 0 fully saturated rings. The van der Waals surface area contributed by atoms with E-state index in [2.05, 4.69) is 74.2 Å². The van der Waals surface area contributed by atoms with Gasteiger partial charge < -0.3 is 11.1 Å². The van der Waals surface area contributed by atoms with Gasteiger partial charge in [0.05, 0.1) is 0 Å². The molecule has 0 aliphatic heterocycles. The summed E-state index contributed by atoms with van der Waals surface area (Å²) in [7, 11) is 0. The molecule has 1 unspecified atom stereocenters. The van der Waals surface area contributed by atoms with Crippen LogP contribution >= 0.6 is 0 Å². The van der Waals surface area contributed by atoms with Crippen molar-refractivity contribution < 1.29 is 0 Å². The fourth-order valence-corrected chi connectivity index (χ4v) is 3.58. The van der Waals surface area contributed by atoms with Crippen molar-refractivity contribution in [2.45, 2.75) is 18.8 Å². The molecule has 0 amide bonds. The van der Waals surface area contributed by atoms with Gasteiger partial charge in [-0.2, -0.15) is 10.3 Å². The van der Waals surface area contributed by atoms with Crippen molar-refractivity contribution in [2.24, 2.45) is 0 Å². The molecule has 4 aromatic rings. The summed E-state index contributed by atoms with van der Waals surface area (Å²) in [5, 5.41) is 14.7. The highest BCUT2D eigenvalue weighted by molar-refractivity contribution is 5.77. The van der Waals surface area contributed by atoms with Gasteiger partial charge in [0.1, 0.15) is 11.3 Å². The summed E-state index contributed by atoms with van der Waals surface area (Å²) in [6.07, 6.45) is 1.96. The number of fused-ring (bicyclic) bond motifs is 1. The second kappa shape index (κ2) is 8.63. The minimum atomic E-state index is 0.170. The number of aromatic amines is 1. The molecular formula is C22H24N6. The molecule has 0 aliphatic carbocycles. The highest BCUT2D eigenvalue weighted by atomic mass is 15.3. The molecule has 142 valence electrons. The van der Waals surface area contributed by atoms with Crippen LogP contribution in [0.4, 0.5) is 5.82 Å². The number of nitrogens with zero attached hydrogens (tertiary/aromatic N) is 3. The van der Waals surface area contributed by atoms with Gasteiger partial charge in [0.15, 0.2) is 0 Å². The Morgan fingerprint density at radius 1 is 0.929 bits per heavy atom. The van der Waals surface area contributed by atoms with Crippen molar-refractivity contribution in [3.63, 3.8) is 0 Å². The van der Waals surface area contributed by atoms with Crippen molar-refractivity contribution in [3.05, 3.63) is 83.4 Å². The number of nitrogens with one attached hydrogen (secondary N) is 2. The Morgan fingerprint density at radius 3 is 2.46 bits per heavy atom. The third-order valence-corrected chi connectivity index (χ3v) is 4.96. The topological polar surface area (TPSA) is 92.5 Å². The Labute approximate surface area is 164 Å². The Morgan fingerprint density at radius 2 is 1.68 bits per heavy atom. The van der Waals surface area contributed by atoms with E-state index in [1.165, 1.54) is 11.1 Å². The summed E-state index contributed by atoms with van der Waals surface area (Å²) in [5.41, 5.74) is 11.0. The molecule has 4 rings (SSSR count). The second-order valence-corrected chi connectivity index (χ2v) is 6.87. The average molecular weight is 372 g/mol. The molecule has 4 N–H and O–H groups in total. The predicted molar refractivity (Wildman–Crippen MR) is 112 cm³/mol. The molecule has 2 aromatic carbocycles. The van der Waals surface area contributed by atoms with E-state index in [0.717, 1.165) is 37.0 Å². The maximum absolute atomic E-state index is 6.03. The first-order valence-corrected chi connectivity index (χ1v) is 9.58. The van der Waals surface area contributed by atoms with Crippen molar-refractivity contribution in [3.8, 4) is 0 Å². The van der Waals surface area contributed by atoms with Gasteiger partial charge in [0, 0.05) is 5.92 Å². The number of aromatic nitrogens is 4. The van der Waals surface area contributed by atoms with Crippen molar-refractivity contribution in [2.75, 3.05) is 18.8 Å². The van der Waals surface area contributed by atoms with Crippen molar-refractivity contribution in [1.82, 2.24) is 25.7 Å². The normalized spacial score (nSPS) is 12.3. The third kappa shape index (κ3) is 4.18. The number of benzene rings is 2. The van der Waals surface area contributed by atoms with E-state index in [9.17, 15) is 0 Å². The van der Waals surface area contributed by atoms with E-state index < -0.39 is 0 Å². The minimum Gasteiger partial charge on any atom is -0.384 e. The first-order chi connectivity index (χ1) is 13.8. The fraction of sp³-hybridized carbons (Fsp3) is 0.227. The standard InChI is InChI=1S/C22H24N6/c23-20-15-19(21-22(25-20)27-28-26-21)18(17-9-5-2-6-10-17)12-14-24-13-11-16-7-3-1-4-8-16/h1-10,15,18,24H,11-14H2,(H3,23,25,26,27,28). The Bertz CT molecular complexity index is 1010. The smallest absolute Gasteiger partial charge is 0.203 e. The van der Waals surface area contributed by atoms with E-state index in [1.54, 1.807) is 0 Å². The summed E-state index contributed by atoms with van der Waals surface area (Å²) in [5.74, 6) is 0.637. The lowest BCUT2D eigenvalue weighted by molar-refractivity contribution is 0.613. The molecule has 0 radical (unpaired) electrons. The van der Waals surface area contributed by atoms with Gasteiger partial charge in [-0.25, -0.2) is 4.98 Å². The Balaban J connectivity index is 1.49. The number of rotatable bonds is 8. The molecule has 0 bridgehead atoms. The van der Waals surface area contributed by atoms with Gasteiger partial charge in [-0.15, -0.1) is 5.10 Å². The summed E-state index contributed by atoms with van der Waals surface area (Å²) in [6, 6.07) is 22.9. The van der Waals surface area contributed by atoms with Crippen LogP contribution in [0.5, 0.6) is 0 Å². The van der Waals surface area contributed by atoms with Gasteiger partial charge in [-0.05, 0) is 48.7 Å². The van der Waals surface area contributed by atoms with Crippen LogP contribution in [0, 0.1) is 0 Å². The van der Waals surface area contributed by atoms with Crippen LogP contribution in [-0.2, 0) is 6.42 Å². The number of hydrogen-bond donors (Lipinski definition) is 3. The van der Waals surface area contributed by atoms with Crippen LogP contribution in [0.1, 0.15) is 29.0 Å². The molecule has 28 heavy (non-hydrogen) atoms. The summed E-state index contributed by atoms with van der Waals surface area (Å²) in [4.78, 5) is 4.27. The monoisotopic (exact) mass is 372 g/mol. The SMILES string of the molecule is Nc1cc(C(CCNCCc2ccccc2)c2ccccc2)c2n[nH]nc2n1. The minimum absolute atomic E-state index is 0.170. The molecular weight excluding hydrogens is 348 g/mol. The highest BCUT2D eigenvalue weighted by Crippen LogP contribution is 2.32. The lowest BCUT2D eigenvalue weighted by Crippen LogP contribution is -2.21. The van der Waals surface area contributed by atoms with Crippen LogP contribution in [0.25, 0.3) is 11.2 Å². The average Bonchev–Trinajstić information content (AvgIpc) is 3.20. The quantitative estimate of drug-likeness (QED) is 0.413. The van der Waals surface area contributed by atoms with Crippen LogP contribution in [-0.4, -0.2) is 33.5 Å². The molecule has 0 spiro atoms. The number of pyridine rings is 1. The van der Waals surface area contributed by atoms with Crippen LogP contribution in [0.3, 0.4) is 0 Å². The number of anilines is 1. The fourth-order valence-electron chi connectivity index (χ4n) is 3.58. The lowest BCUT2D eigenvalue weighted by Gasteiger charge is -2.19. The molecule has 0 aliphatic rings. The van der Waals surface area contributed by atoms with Gasteiger partial charge in [-0.3, -0.25) is 0 Å². The highest BCUT2D eigenvalue weighted by Gasteiger charge is 2.20. The first kappa shape index (κ1) is 18.1. The summed E-state index contributed by atoms with van der Waals surface area (Å²) < 4.78 is 0.